The minimum Gasteiger partial charge on any atom is -0.447 e. The maximum absolute atomic E-state index is 11.5. The highest BCUT2D eigenvalue weighted by Gasteiger charge is 2.23. The molecule has 0 spiro atoms. The molecule has 1 saturated heterocycles. The van der Waals surface area contributed by atoms with Gasteiger partial charge in [-0.1, -0.05) is 6.07 Å². The molecule has 0 aliphatic carbocycles. The van der Waals surface area contributed by atoms with Crippen LogP contribution in [0.25, 0.3) is 0 Å². The quantitative estimate of drug-likeness (QED) is 0.901. The van der Waals surface area contributed by atoms with Crippen molar-refractivity contribution in [2.24, 2.45) is 0 Å². The average Bonchev–Trinajstić information content (AvgIpc) is 3.05. The van der Waals surface area contributed by atoms with Crippen LogP contribution in [0.1, 0.15) is 5.56 Å². The van der Waals surface area contributed by atoms with Gasteiger partial charge in [-0.15, -0.1) is 11.3 Å². The predicted molar refractivity (Wildman–Crippen MR) is 84.5 cm³/mol. The lowest BCUT2D eigenvalue weighted by atomic mass is 10.2. The van der Waals surface area contributed by atoms with Gasteiger partial charge in [0.05, 0.1) is 10.3 Å². The smallest absolute Gasteiger partial charge is 0.414 e. The van der Waals surface area contributed by atoms with Crippen molar-refractivity contribution in [1.29, 1.82) is 0 Å². The van der Waals surface area contributed by atoms with Gasteiger partial charge in [0.15, 0.2) is 0 Å². The molecule has 4 nitrogen and oxygen atoms in total. The summed E-state index contributed by atoms with van der Waals surface area (Å²) in [4.78, 5) is 13.2. The van der Waals surface area contributed by atoms with Crippen LogP contribution in [0.3, 0.4) is 0 Å². The van der Waals surface area contributed by atoms with E-state index in [1.54, 1.807) is 16.2 Å². The van der Waals surface area contributed by atoms with Crippen molar-refractivity contribution in [3.8, 4) is 0 Å². The molecule has 0 unspecified atom stereocenters. The van der Waals surface area contributed by atoms with Crippen LogP contribution in [0.2, 0.25) is 0 Å². The number of nitrogens with zero attached hydrogens (tertiary/aromatic N) is 1. The van der Waals surface area contributed by atoms with Crippen molar-refractivity contribution < 1.29 is 9.53 Å². The molecule has 1 aromatic carbocycles. The molecule has 1 aliphatic rings. The summed E-state index contributed by atoms with van der Waals surface area (Å²) in [5.74, 6) is 0. The number of rotatable bonds is 4. The van der Waals surface area contributed by atoms with Crippen molar-refractivity contribution in [3.05, 3.63) is 45.1 Å². The molecule has 2 aromatic rings. The first kappa shape index (κ1) is 13.5. The van der Waals surface area contributed by atoms with Gasteiger partial charge in [-0.3, -0.25) is 4.90 Å². The van der Waals surface area contributed by atoms with E-state index in [-0.39, 0.29) is 6.09 Å². The van der Waals surface area contributed by atoms with E-state index in [0.717, 1.165) is 21.7 Å². The fourth-order valence-corrected chi connectivity index (χ4v) is 3.26. The Morgan fingerprint density at radius 2 is 2.30 bits per heavy atom. The Morgan fingerprint density at radius 1 is 1.40 bits per heavy atom. The zero-order valence-corrected chi connectivity index (χ0v) is 13.0. The van der Waals surface area contributed by atoms with Gasteiger partial charge < -0.3 is 10.1 Å². The monoisotopic (exact) mass is 352 g/mol. The number of cyclic esters (lactones) is 1. The van der Waals surface area contributed by atoms with E-state index in [0.29, 0.717) is 13.2 Å². The molecule has 3 rings (SSSR count). The van der Waals surface area contributed by atoms with Gasteiger partial charge in [-0.05, 0) is 51.1 Å². The van der Waals surface area contributed by atoms with Crippen molar-refractivity contribution in [2.45, 2.75) is 6.54 Å². The molecule has 1 aliphatic heterocycles. The van der Waals surface area contributed by atoms with E-state index < -0.39 is 0 Å². The van der Waals surface area contributed by atoms with Crippen LogP contribution in [-0.4, -0.2) is 19.2 Å². The second-order valence-electron chi connectivity index (χ2n) is 4.43. The average molecular weight is 353 g/mol. The van der Waals surface area contributed by atoms with E-state index in [1.165, 1.54) is 5.56 Å². The molecule has 1 N–H and O–H groups in total. The number of thiophene rings is 1. The predicted octanol–water partition coefficient (Wildman–Crippen LogP) is 4.08. The zero-order valence-electron chi connectivity index (χ0n) is 10.6. The molecule has 104 valence electrons. The molecule has 0 saturated carbocycles. The molecule has 20 heavy (non-hydrogen) atoms. The lowest BCUT2D eigenvalue weighted by Crippen LogP contribution is -2.23. The Bertz CT molecular complexity index is 629. The number of amides is 1. The highest BCUT2D eigenvalue weighted by molar-refractivity contribution is 9.11. The lowest BCUT2D eigenvalue weighted by Gasteiger charge is -2.14. The van der Waals surface area contributed by atoms with Crippen molar-refractivity contribution in [3.63, 3.8) is 0 Å². The van der Waals surface area contributed by atoms with Crippen LogP contribution in [0.5, 0.6) is 0 Å². The first-order chi connectivity index (χ1) is 9.72. The number of nitrogens with one attached hydrogen (secondary N) is 1. The van der Waals surface area contributed by atoms with Crippen LogP contribution in [0, 0.1) is 0 Å². The molecule has 6 heteroatoms. The summed E-state index contributed by atoms with van der Waals surface area (Å²) in [5.41, 5.74) is 3.08. The highest BCUT2D eigenvalue weighted by Crippen LogP contribution is 2.24. The maximum atomic E-state index is 11.5. The molecular formula is C14H13BrN2O2S. The number of ether oxygens (including phenoxy) is 1. The van der Waals surface area contributed by atoms with E-state index in [4.69, 9.17) is 4.74 Å². The fourth-order valence-electron chi connectivity index (χ4n) is 2.05. The Morgan fingerprint density at radius 3 is 3.00 bits per heavy atom. The van der Waals surface area contributed by atoms with E-state index in [1.807, 2.05) is 24.3 Å². The summed E-state index contributed by atoms with van der Waals surface area (Å²) < 4.78 is 6.08. The van der Waals surface area contributed by atoms with E-state index in [9.17, 15) is 4.79 Å². The van der Waals surface area contributed by atoms with Crippen LogP contribution >= 0.6 is 27.3 Å². The molecule has 2 heterocycles. The summed E-state index contributed by atoms with van der Waals surface area (Å²) in [6.07, 6.45) is -0.274. The number of hydrogen-bond donors (Lipinski definition) is 1. The summed E-state index contributed by atoms with van der Waals surface area (Å²) in [6.45, 7) is 1.83. The molecule has 1 amide bonds. The largest absolute Gasteiger partial charge is 0.447 e. The number of carbonyl (C=O) groups is 1. The molecular weight excluding hydrogens is 340 g/mol. The third-order valence-electron chi connectivity index (χ3n) is 3.04. The zero-order chi connectivity index (χ0) is 13.9. The molecule has 0 radical (unpaired) electrons. The third-order valence-corrected chi connectivity index (χ3v) is 4.59. The van der Waals surface area contributed by atoms with Gasteiger partial charge >= 0.3 is 6.09 Å². The standard InChI is InChI=1S/C14H13BrN2O2S/c15-13-6-10(9-20-13)8-16-11-2-1-3-12(7-11)17-4-5-19-14(17)18/h1-3,6-7,9,16H,4-5,8H2. The fraction of sp³-hybridized carbons (Fsp3) is 0.214. The SMILES string of the molecule is O=C1OCCN1c1cccc(NCc2csc(Br)c2)c1. The first-order valence-corrected chi connectivity index (χ1v) is 7.91. The topological polar surface area (TPSA) is 41.6 Å². The molecule has 1 aromatic heterocycles. The second kappa shape index (κ2) is 5.85. The molecule has 0 atom stereocenters. The van der Waals surface area contributed by atoms with E-state index >= 15 is 0 Å². The van der Waals surface area contributed by atoms with Crippen LogP contribution in [-0.2, 0) is 11.3 Å². The molecule has 0 bridgehead atoms. The van der Waals surface area contributed by atoms with E-state index in [2.05, 4.69) is 32.7 Å². The number of hydrogen-bond acceptors (Lipinski definition) is 4. The Labute approximate surface area is 129 Å². The van der Waals surface area contributed by atoms with Gasteiger partial charge in [0.25, 0.3) is 0 Å². The van der Waals surface area contributed by atoms with Gasteiger partial charge in [0.1, 0.15) is 6.61 Å². The van der Waals surface area contributed by atoms with Crippen LogP contribution in [0.15, 0.2) is 39.5 Å². The second-order valence-corrected chi connectivity index (χ2v) is 6.72. The Hall–Kier alpha value is -1.53. The maximum Gasteiger partial charge on any atom is 0.414 e. The Kier molecular flexibility index (Phi) is 3.93. The van der Waals surface area contributed by atoms with Gasteiger partial charge in [-0.25, -0.2) is 4.79 Å². The lowest BCUT2D eigenvalue weighted by molar-refractivity contribution is 0.181. The highest BCUT2D eigenvalue weighted by atomic mass is 79.9. The minimum absolute atomic E-state index is 0.274. The van der Waals surface area contributed by atoms with Crippen LogP contribution < -0.4 is 10.2 Å². The number of benzene rings is 1. The summed E-state index contributed by atoms with van der Waals surface area (Å²) in [6, 6.07) is 9.91. The summed E-state index contributed by atoms with van der Waals surface area (Å²) >= 11 is 5.12. The van der Waals surface area contributed by atoms with Crippen molar-refractivity contribution in [1.82, 2.24) is 0 Å². The van der Waals surface area contributed by atoms with Crippen LogP contribution in [0.4, 0.5) is 16.2 Å². The Balaban J connectivity index is 1.69. The summed E-state index contributed by atoms with van der Waals surface area (Å²) in [5, 5.41) is 5.47. The number of anilines is 2. The number of carbonyl (C=O) groups excluding carboxylic acids is 1. The van der Waals surface area contributed by atoms with Crippen molar-refractivity contribution in [2.75, 3.05) is 23.4 Å². The number of halogens is 1. The molecule has 1 fully saturated rings. The minimum atomic E-state index is -0.274. The van der Waals surface area contributed by atoms with Gasteiger partial charge in [-0.2, -0.15) is 0 Å². The first-order valence-electron chi connectivity index (χ1n) is 6.23. The summed E-state index contributed by atoms with van der Waals surface area (Å²) in [7, 11) is 0. The van der Waals surface area contributed by atoms with Gasteiger partial charge in [0.2, 0.25) is 0 Å². The third kappa shape index (κ3) is 2.96. The van der Waals surface area contributed by atoms with Crippen molar-refractivity contribution >= 4 is 44.7 Å². The van der Waals surface area contributed by atoms with Gasteiger partial charge in [0, 0.05) is 17.9 Å². The normalized spacial score (nSPS) is 14.4.